The third-order valence-corrected chi connectivity index (χ3v) is 4.21. The van der Waals surface area contributed by atoms with E-state index in [-0.39, 0.29) is 17.5 Å². The number of rotatable bonds is 4. The van der Waals surface area contributed by atoms with Crippen molar-refractivity contribution < 1.29 is 13.9 Å². The second kappa shape index (κ2) is 6.73. The van der Waals surface area contributed by atoms with E-state index in [0.717, 1.165) is 24.0 Å². The minimum Gasteiger partial charge on any atom is -0.486 e. The summed E-state index contributed by atoms with van der Waals surface area (Å²) in [6.45, 7) is 0.356. The molecule has 2 aromatic rings. The first-order chi connectivity index (χ1) is 10.7. The van der Waals surface area contributed by atoms with Gasteiger partial charge in [0.05, 0.1) is 0 Å². The van der Waals surface area contributed by atoms with Crippen LogP contribution in [0.5, 0.6) is 5.75 Å². The van der Waals surface area contributed by atoms with Crippen molar-refractivity contribution in [2.75, 3.05) is 0 Å². The van der Waals surface area contributed by atoms with E-state index in [1.807, 2.05) is 36.4 Å². The maximum atomic E-state index is 14.2. The summed E-state index contributed by atoms with van der Waals surface area (Å²) >= 11 is 0. The summed E-state index contributed by atoms with van der Waals surface area (Å²) in [7, 11) is 0. The normalized spacial score (nSPS) is 15.8. The third-order valence-electron chi connectivity index (χ3n) is 4.21. The fourth-order valence-corrected chi connectivity index (χ4v) is 2.90. The molecule has 0 N–H and O–H groups in total. The van der Waals surface area contributed by atoms with Crippen LogP contribution in [-0.2, 0) is 11.4 Å². The largest absolute Gasteiger partial charge is 0.486 e. The van der Waals surface area contributed by atoms with Gasteiger partial charge in [-0.2, -0.15) is 0 Å². The molecule has 0 aromatic heterocycles. The standard InChI is InChI=1S/C19H19FO2/c20-18-12-16(15-6-9-17(21)10-7-15)8-11-19(18)22-13-14-4-2-1-3-5-14/h1-5,8,11-12,15H,6-7,9-10,13H2. The van der Waals surface area contributed by atoms with Crippen LogP contribution in [0.2, 0.25) is 0 Å². The molecule has 0 amide bonds. The van der Waals surface area contributed by atoms with Crippen molar-refractivity contribution in [2.45, 2.75) is 38.2 Å². The highest BCUT2D eigenvalue weighted by molar-refractivity contribution is 5.79. The summed E-state index contributed by atoms with van der Waals surface area (Å²) in [6, 6.07) is 14.9. The Kier molecular flexibility index (Phi) is 4.52. The Balaban J connectivity index is 1.66. The number of Topliss-reactive ketones (excluding diaryl/α,β-unsaturated/α-hetero) is 1. The molecule has 3 heteroatoms. The minimum atomic E-state index is -0.328. The molecule has 0 saturated heterocycles. The molecule has 114 valence electrons. The first-order valence-electron chi connectivity index (χ1n) is 7.70. The van der Waals surface area contributed by atoms with Crippen LogP contribution in [0.1, 0.15) is 42.7 Å². The SMILES string of the molecule is O=C1CCC(c2ccc(OCc3ccccc3)c(F)c2)CC1. The topological polar surface area (TPSA) is 26.3 Å². The summed E-state index contributed by atoms with van der Waals surface area (Å²) in [5.74, 6) is 0.555. The molecule has 1 fully saturated rings. The predicted molar refractivity (Wildman–Crippen MR) is 83.4 cm³/mol. The first-order valence-corrected chi connectivity index (χ1v) is 7.70. The van der Waals surface area contributed by atoms with Gasteiger partial charge in [0.15, 0.2) is 11.6 Å². The van der Waals surface area contributed by atoms with Crippen LogP contribution >= 0.6 is 0 Å². The summed E-state index contributed by atoms with van der Waals surface area (Å²) in [6.07, 6.45) is 2.86. The molecule has 0 radical (unpaired) electrons. The second-order valence-electron chi connectivity index (χ2n) is 5.78. The number of carbonyl (C=O) groups is 1. The summed E-state index contributed by atoms with van der Waals surface area (Å²) < 4.78 is 19.7. The van der Waals surface area contributed by atoms with E-state index in [4.69, 9.17) is 4.74 Å². The van der Waals surface area contributed by atoms with Crippen molar-refractivity contribution >= 4 is 5.78 Å². The zero-order valence-electron chi connectivity index (χ0n) is 12.4. The fraction of sp³-hybridized carbons (Fsp3) is 0.316. The van der Waals surface area contributed by atoms with Gasteiger partial charge in [-0.1, -0.05) is 36.4 Å². The highest BCUT2D eigenvalue weighted by Gasteiger charge is 2.21. The zero-order chi connectivity index (χ0) is 15.4. The van der Waals surface area contributed by atoms with Crippen molar-refractivity contribution in [3.63, 3.8) is 0 Å². The Morgan fingerprint density at radius 2 is 1.77 bits per heavy atom. The Hall–Kier alpha value is -2.16. The average Bonchev–Trinajstić information content (AvgIpc) is 2.55. The van der Waals surface area contributed by atoms with E-state index in [0.29, 0.717) is 25.2 Å². The monoisotopic (exact) mass is 298 g/mol. The number of hydrogen-bond donors (Lipinski definition) is 0. The smallest absolute Gasteiger partial charge is 0.165 e. The van der Waals surface area contributed by atoms with Crippen LogP contribution in [0.15, 0.2) is 48.5 Å². The zero-order valence-corrected chi connectivity index (χ0v) is 12.4. The number of hydrogen-bond acceptors (Lipinski definition) is 2. The van der Waals surface area contributed by atoms with Crippen LogP contribution in [-0.4, -0.2) is 5.78 Å². The van der Waals surface area contributed by atoms with Gasteiger partial charge in [-0.05, 0) is 42.0 Å². The molecular formula is C19H19FO2. The van der Waals surface area contributed by atoms with Gasteiger partial charge in [-0.15, -0.1) is 0 Å². The molecular weight excluding hydrogens is 279 g/mol. The van der Waals surface area contributed by atoms with Crippen molar-refractivity contribution in [1.29, 1.82) is 0 Å². The molecule has 0 bridgehead atoms. The molecule has 2 nitrogen and oxygen atoms in total. The Bertz CT molecular complexity index is 642. The van der Waals surface area contributed by atoms with Gasteiger partial charge in [0.2, 0.25) is 0 Å². The molecule has 0 heterocycles. The molecule has 0 spiro atoms. The lowest BCUT2D eigenvalue weighted by molar-refractivity contribution is -0.120. The van der Waals surface area contributed by atoms with E-state index in [1.54, 1.807) is 12.1 Å². The van der Waals surface area contributed by atoms with Crippen molar-refractivity contribution in [3.05, 3.63) is 65.5 Å². The lowest BCUT2D eigenvalue weighted by Crippen LogP contribution is -2.12. The third kappa shape index (κ3) is 3.53. The molecule has 0 aliphatic heterocycles. The van der Waals surface area contributed by atoms with Crippen LogP contribution in [0, 0.1) is 5.82 Å². The molecule has 1 aliphatic carbocycles. The van der Waals surface area contributed by atoms with Gasteiger partial charge in [0.1, 0.15) is 12.4 Å². The molecule has 1 saturated carbocycles. The molecule has 22 heavy (non-hydrogen) atoms. The molecule has 2 aromatic carbocycles. The predicted octanol–water partition coefficient (Wildman–Crippen LogP) is 4.63. The highest BCUT2D eigenvalue weighted by atomic mass is 19.1. The number of halogens is 1. The Labute approximate surface area is 129 Å². The van der Waals surface area contributed by atoms with Gasteiger partial charge in [0.25, 0.3) is 0 Å². The van der Waals surface area contributed by atoms with Crippen LogP contribution in [0.4, 0.5) is 4.39 Å². The lowest BCUT2D eigenvalue weighted by Gasteiger charge is -2.21. The quantitative estimate of drug-likeness (QED) is 0.822. The van der Waals surface area contributed by atoms with Crippen LogP contribution in [0.25, 0.3) is 0 Å². The molecule has 3 rings (SSSR count). The van der Waals surface area contributed by atoms with Crippen LogP contribution < -0.4 is 4.74 Å². The second-order valence-corrected chi connectivity index (χ2v) is 5.78. The highest BCUT2D eigenvalue weighted by Crippen LogP contribution is 2.33. The Morgan fingerprint density at radius 3 is 2.45 bits per heavy atom. The maximum absolute atomic E-state index is 14.2. The molecule has 0 atom stereocenters. The van der Waals surface area contributed by atoms with E-state index < -0.39 is 0 Å². The molecule has 0 unspecified atom stereocenters. The van der Waals surface area contributed by atoms with Gasteiger partial charge >= 0.3 is 0 Å². The number of benzene rings is 2. The summed E-state index contributed by atoms with van der Waals surface area (Å²) in [5.41, 5.74) is 1.98. The number of ketones is 1. The van der Waals surface area contributed by atoms with Crippen LogP contribution in [0.3, 0.4) is 0 Å². The van der Waals surface area contributed by atoms with E-state index in [1.165, 1.54) is 0 Å². The maximum Gasteiger partial charge on any atom is 0.165 e. The summed E-state index contributed by atoms with van der Waals surface area (Å²) in [4.78, 5) is 11.3. The van der Waals surface area contributed by atoms with Crippen molar-refractivity contribution in [1.82, 2.24) is 0 Å². The lowest BCUT2D eigenvalue weighted by atomic mass is 9.83. The first kappa shape index (κ1) is 14.8. The van der Waals surface area contributed by atoms with Gasteiger partial charge in [-0.3, -0.25) is 4.79 Å². The van der Waals surface area contributed by atoms with Crippen molar-refractivity contribution in [2.24, 2.45) is 0 Å². The number of carbonyl (C=O) groups excluding carboxylic acids is 1. The minimum absolute atomic E-state index is 0.277. The fourth-order valence-electron chi connectivity index (χ4n) is 2.90. The van der Waals surface area contributed by atoms with E-state index >= 15 is 0 Å². The van der Waals surface area contributed by atoms with Gasteiger partial charge in [-0.25, -0.2) is 4.39 Å². The van der Waals surface area contributed by atoms with Gasteiger partial charge < -0.3 is 4.74 Å². The van der Waals surface area contributed by atoms with E-state index in [2.05, 4.69) is 0 Å². The Morgan fingerprint density at radius 1 is 1.05 bits per heavy atom. The number of ether oxygens (including phenoxy) is 1. The average molecular weight is 298 g/mol. The van der Waals surface area contributed by atoms with E-state index in [9.17, 15) is 9.18 Å². The molecule has 1 aliphatic rings. The summed E-state index contributed by atoms with van der Waals surface area (Å²) in [5, 5.41) is 0. The van der Waals surface area contributed by atoms with Crippen molar-refractivity contribution in [3.8, 4) is 5.75 Å². The van der Waals surface area contributed by atoms with Gasteiger partial charge in [0, 0.05) is 12.8 Å².